The van der Waals surface area contributed by atoms with E-state index in [9.17, 15) is 9.18 Å². The Bertz CT molecular complexity index is 203. The molecule has 14 heavy (non-hydrogen) atoms. The van der Waals surface area contributed by atoms with Crippen molar-refractivity contribution in [2.24, 2.45) is 11.5 Å². The standard InChI is InChI=1S/C8H16FN3O.ClH/c1-5(11)8(13)12-4-6(9)2-7(12)3-10;/h5-7H,2-4,10-11H2,1H3;1H/t5-,6+,7+;/m1./s1. The maximum atomic E-state index is 12.9. The summed E-state index contributed by atoms with van der Waals surface area (Å²) in [6, 6.07) is -0.743. The minimum absolute atomic E-state index is 0. The Hall–Kier alpha value is -0.390. The molecule has 0 radical (unpaired) electrons. The molecule has 0 unspecified atom stereocenters. The maximum absolute atomic E-state index is 12.9. The van der Waals surface area contributed by atoms with Crippen molar-refractivity contribution in [1.29, 1.82) is 0 Å². The normalized spacial score (nSPS) is 28.4. The summed E-state index contributed by atoms with van der Waals surface area (Å²) in [6.45, 7) is 2.04. The van der Waals surface area contributed by atoms with Crippen LogP contribution in [0, 0.1) is 0 Å². The van der Waals surface area contributed by atoms with E-state index in [0.29, 0.717) is 13.0 Å². The Labute approximate surface area is 89.2 Å². The monoisotopic (exact) mass is 225 g/mol. The lowest BCUT2D eigenvalue weighted by Gasteiger charge is -2.24. The first-order valence-corrected chi connectivity index (χ1v) is 4.46. The minimum atomic E-state index is -0.948. The van der Waals surface area contributed by atoms with Gasteiger partial charge in [0.05, 0.1) is 12.6 Å². The predicted molar refractivity (Wildman–Crippen MR) is 55.0 cm³/mol. The van der Waals surface area contributed by atoms with Crippen LogP contribution < -0.4 is 11.5 Å². The van der Waals surface area contributed by atoms with E-state index in [4.69, 9.17) is 11.5 Å². The fourth-order valence-corrected chi connectivity index (χ4v) is 1.61. The molecule has 1 aliphatic heterocycles. The molecule has 1 fully saturated rings. The molecule has 0 saturated carbocycles. The maximum Gasteiger partial charge on any atom is 0.239 e. The van der Waals surface area contributed by atoms with Crippen LogP contribution in [-0.4, -0.2) is 42.2 Å². The molecule has 0 aromatic rings. The average Bonchev–Trinajstić information content (AvgIpc) is 2.45. The van der Waals surface area contributed by atoms with Gasteiger partial charge in [-0.05, 0) is 6.92 Å². The summed E-state index contributed by atoms with van der Waals surface area (Å²) in [5, 5.41) is 0. The van der Waals surface area contributed by atoms with Crippen molar-refractivity contribution in [3.8, 4) is 0 Å². The number of carbonyl (C=O) groups excluding carboxylic acids is 1. The highest BCUT2D eigenvalue weighted by Gasteiger charge is 2.35. The van der Waals surface area contributed by atoms with Gasteiger partial charge in [-0.3, -0.25) is 4.79 Å². The predicted octanol–water partition coefficient (Wildman–Crippen LogP) is -0.347. The van der Waals surface area contributed by atoms with E-state index < -0.39 is 12.2 Å². The van der Waals surface area contributed by atoms with Crippen molar-refractivity contribution < 1.29 is 9.18 Å². The zero-order valence-corrected chi connectivity index (χ0v) is 8.97. The lowest BCUT2D eigenvalue weighted by Crippen LogP contribution is -2.47. The van der Waals surface area contributed by atoms with Crippen molar-refractivity contribution >= 4 is 18.3 Å². The summed E-state index contributed by atoms with van der Waals surface area (Å²) in [7, 11) is 0. The van der Waals surface area contributed by atoms with Gasteiger partial charge in [0.1, 0.15) is 6.17 Å². The van der Waals surface area contributed by atoms with E-state index in [1.54, 1.807) is 6.92 Å². The van der Waals surface area contributed by atoms with Gasteiger partial charge in [0.15, 0.2) is 0 Å². The molecule has 84 valence electrons. The number of hydrogen-bond donors (Lipinski definition) is 2. The molecular formula is C8H17ClFN3O. The van der Waals surface area contributed by atoms with Crippen LogP contribution in [0.5, 0.6) is 0 Å². The van der Waals surface area contributed by atoms with Crippen molar-refractivity contribution in [3.63, 3.8) is 0 Å². The average molecular weight is 226 g/mol. The van der Waals surface area contributed by atoms with Crippen LogP contribution in [0.4, 0.5) is 4.39 Å². The molecular weight excluding hydrogens is 209 g/mol. The molecule has 1 aliphatic rings. The first kappa shape index (κ1) is 13.6. The van der Waals surface area contributed by atoms with Gasteiger partial charge in [-0.1, -0.05) is 0 Å². The number of carbonyl (C=O) groups is 1. The molecule has 0 aromatic carbocycles. The van der Waals surface area contributed by atoms with Crippen LogP contribution in [0.1, 0.15) is 13.3 Å². The van der Waals surface area contributed by atoms with E-state index in [0.717, 1.165) is 0 Å². The van der Waals surface area contributed by atoms with Crippen LogP contribution in [0.2, 0.25) is 0 Å². The highest BCUT2D eigenvalue weighted by atomic mass is 35.5. The molecule has 1 rings (SSSR count). The Morgan fingerprint density at radius 2 is 2.29 bits per heavy atom. The lowest BCUT2D eigenvalue weighted by atomic mass is 10.2. The second-order valence-corrected chi connectivity index (χ2v) is 3.50. The molecule has 1 amide bonds. The topological polar surface area (TPSA) is 72.4 Å². The van der Waals surface area contributed by atoms with Gasteiger partial charge in [-0.25, -0.2) is 4.39 Å². The SMILES string of the molecule is C[C@@H](N)C(=O)N1C[C@@H](F)C[C@H]1CN.Cl. The van der Waals surface area contributed by atoms with Crippen molar-refractivity contribution in [2.75, 3.05) is 13.1 Å². The van der Waals surface area contributed by atoms with Crippen LogP contribution >= 0.6 is 12.4 Å². The molecule has 6 heteroatoms. The zero-order valence-electron chi connectivity index (χ0n) is 8.15. The third-order valence-electron chi connectivity index (χ3n) is 2.31. The zero-order chi connectivity index (χ0) is 10.0. The highest BCUT2D eigenvalue weighted by molar-refractivity contribution is 5.85. The van der Waals surface area contributed by atoms with E-state index in [-0.39, 0.29) is 30.9 Å². The van der Waals surface area contributed by atoms with Gasteiger partial charge in [0.25, 0.3) is 0 Å². The second kappa shape index (κ2) is 5.48. The molecule has 4 nitrogen and oxygen atoms in total. The molecule has 4 N–H and O–H groups in total. The molecule has 0 spiro atoms. The molecule has 0 bridgehead atoms. The summed E-state index contributed by atoms with van der Waals surface area (Å²) >= 11 is 0. The number of rotatable bonds is 2. The molecule has 1 saturated heterocycles. The van der Waals surface area contributed by atoms with Gasteiger partial charge in [0.2, 0.25) is 5.91 Å². The number of nitrogens with two attached hydrogens (primary N) is 2. The first-order chi connectivity index (χ1) is 6.06. The number of alkyl halides is 1. The smallest absolute Gasteiger partial charge is 0.239 e. The quantitative estimate of drug-likeness (QED) is 0.675. The summed E-state index contributed by atoms with van der Waals surface area (Å²) in [5.41, 5.74) is 10.8. The van der Waals surface area contributed by atoms with Crippen molar-refractivity contribution in [1.82, 2.24) is 4.90 Å². The van der Waals surface area contributed by atoms with E-state index in [1.165, 1.54) is 4.90 Å². The van der Waals surface area contributed by atoms with Crippen molar-refractivity contribution in [3.05, 3.63) is 0 Å². The Morgan fingerprint density at radius 1 is 1.71 bits per heavy atom. The van der Waals surface area contributed by atoms with Gasteiger partial charge in [-0.15, -0.1) is 12.4 Å². The second-order valence-electron chi connectivity index (χ2n) is 3.50. The van der Waals surface area contributed by atoms with Crippen LogP contribution in [0.15, 0.2) is 0 Å². The third kappa shape index (κ3) is 2.80. The first-order valence-electron chi connectivity index (χ1n) is 4.46. The Morgan fingerprint density at radius 3 is 2.71 bits per heavy atom. The van der Waals surface area contributed by atoms with Crippen LogP contribution in [0.25, 0.3) is 0 Å². The van der Waals surface area contributed by atoms with Gasteiger partial charge >= 0.3 is 0 Å². The Balaban J connectivity index is 0.00000169. The van der Waals surface area contributed by atoms with E-state index in [1.807, 2.05) is 0 Å². The van der Waals surface area contributed by atoms with E-state index >= 15 is 0 Å². The number of halogens is 2. The fraction of sp³-hybridized carbons (Fsp3) is 0.875. The number of likely N-dealkylation sites (tertiary alicyclic amines) is 1. The number of hydrogen-bond acceptors (Lipinski definition) is 3. The number of nitrogens with zero attached hydrogens (tertiary/aromatic N) is 1. The summed E-state index contributed by atoms with van der Waals surface area (Å²) in [4.78, 5) is 12.9. The molecule has 0 aliphatic carbocycles. The Kier molecular flexibility index (Phi) is 5.33. The van der Waals surface area contributed by atoms with E-state index in [2.05, 4.69) is 0 Å². The van der Waals surface area contributed by atoms with Gasteiger partial charge in [-0.2, -0.15) is 0 Å². The summed E-state index contributed by atoms with van der Waals surface area (Å²) < 4.78 is 12.9. The summed E-state index contributed by atoms with van der Waals surface area (Å²) in [5.74, 6) is -0.212. The fourth-order valence-electron chi connectivity index (χ4n) is 1.61. The molecule has 0 aromatic heterocycles. The summed E-state index contributed by atoms with van der Waals surface area (Å²) in [6.07, 6.45) is -0.606. The molecule has 1 heterocycles. The van der Waals surface area contributed by atoms with Gasteiger partial charge in [0, 0.05) is 19.0 Å². The largest absolute Gasteiger partial charge is 0.334 e. The van der Waals surface area contributed by atoms with Crippen molar-refractivity contribution in [2.45, 2.75) is 31.6 Å². The highest BCUT2D eigenvalue weighted by Crippen LogP contribution is 2.19. The van der Waals surface area contributed by atoms with Crippen LogP contribution in [-0.2, 0) is 4.79 Å². The van der Waals surface area contributed by atoms with Gasteiger partial charge < -0.3 is 16.4 Å². The van der Waals surface area contributed by atoms with Crippen LogP contribution in [0.3, 0.4) is 0 Å². The minimum Gasteiger partial charge on any atom is -0.334 e. The number of amides is 1. The third-order valence-corrected chi connectivity index (χ3v) is 2.31. The lowest BCUT2D eigenvalue weighted by molar-refractivity contribution is -0.133. The molecule has 3 atom stereocenters.